The zero-order valence-corrected chi connectivity index (χ0v) is 13.9. The molecule has 3 rings (SSSR count). The van der Waals surface area contributed by atoms with Crippen molar-refractivity contribution in [1.29, 1.82) is 0 Å². The second kappa shape index (κ2) is 5.70. The van der Waals surface area contributed by atoms with E-state index in [0.717, 1.165) is 39.9 Å². The number of aromatic nitrogens is 2. The molecule has 2 aromatic carbocycles. The lowest BCUT2D eigenvalue weighted by Gasteiger charge is -2.10. The van der Waals surface area contributed by atoms with Crippen LogP contribution in [0.15, 0.2) is 40.9 Å². The maximum absolute atomic E-state index is 6.21. The number of halogens is 2. The highest BCUT2D eigenvalue weighted by atomic mass is 79.9. The predicted molar refractivity (Wildman–Crippen MR) is 92.6 cm³/mol. The summed E-state index contributed by atoms with van der Waals surface area (Å²) in [6.07, 6.45) is 1.02. The molecule has 0 saturated heterocycles. The van der Waals surface area contributed by atoms with E-state index in [1.807, 2.05) is 36.4 Å². The Labute approximate surface area is 136 Å². The molecule has 5 heteroatoms. The number of hydrogen-bond acceptors (Lipinski definition) is 2. The van der Waals surface area contributed by atoms with E-state index >= 15 is 0 Å². The number of imidazole rings is 1. The van der Waals surface area contributed by atoms with Crippen LogP contribution in [-0.2, 0) is 6.54 Å². The van der Waals surface area contributed by atoms with E-state index in [9.17, 15) is 0 Å². The third kappa shape index (κ3) is 2.54. The molecule has 3 nitrogen and oxygen atoms in total. The van der Waals surface area contributed by atoms with Gasteiger partial charge in [0.15, 0.2) is 0 Å². The van der Waals surface area contributed by atoms with Gasteiger partial charge in [0.1, 0.15) is 5.82 Å². The maximum atomic E-state index is 6.21. The van der Waals surface area contributed by atoms with Crippen molar-refractivity contribution in [2.75, 3.05) is 5.73 Å². The molecule has 0 atom stereocenters. The first-order valence-electron chi connectivity index (χ1n) is 6.82. The highest BCUT2D eigenvalue weighted by molar-refractivity contribution is 9.10. The third-order valence-corrected chi connectivity index (χ3v) is 4.38. The lowest BCUT2D eigenvalue weighted by atomic mass is 10.1. The lowest BCUT2D eigenvalue weighted by molar-refractivity contribution is 0.704. The zero-order valence-electron chi connectivity index (χ0n) is 11.6. The van der Waals surface area contributed by atoms with E-state index in [0.29, 0.717) is 10.7 Å². The summed E-state index contributed by atoms with van der Waals surface area (Å²) in [4.78, 5) is 4.74. The number of aryl methyl sites for hydroxylation is 1. The molecule has 0 saturated carbocycles. The first-order chi connectivity index (χ1) is 10.1. The lowest BCUT2D eigenvalue weighted by Crippen LogP contribution is -2.02. The minimum Gasteiger partial charge on any atom is -0.397 e. The van der Waals surface area contributed by atoms with E-state index in [1.54, 1.807) is 0 Å². The van der Waals surface area contributed by atoms with Gasteiger partial charge in [-0.25, -0.2) is 4.98 Å². The summed E-state index contributed by atoms with van der Waals surface area (Å²) >= 11 is 9.56. The van der Waals surface area contributed by atoms with Gasteiger partial charge < -0.3 is 10.3 Å². The molecule has 0 aliphatic heterocycles. The molecular weight excluding hydrogens is 350 g/mol. The Bertz CT molecular complexity index is 811. The smallest absolute Gasteiger partial charge is 0.143 e. The second-order valence-electron chi connectivity index (χ2n) is 4.92. The van der Waals surface area contributed by atoms with E-state index in [1.165, 1.54) is 0 Å². The quantitative estimate of drug-likeness (QED) is 0.656. The van der Waals surface area contributed by atoms with Crippen molar-refractivity contribution in [3.05, 3.63) is 45.9 Å². The predicted octanol–water partition coefficient (Wildman–Crippen LogP) is 5.11. The number of para-hydroxylation sites is 1. The van der Waals surface area contributed by atoms with Gasteiger partial charge in [-0.15, -0.1) is 0 Å². The van der Waals surface area contributed by atoms with Crippen molar-refractivity contribution in [1.82, 2.24) is 9.55 Å². The number of nitrogens with zero attached hydrogens (tertiary/aromatic N) is 2. The summed E-state index contributed by atoms with van der Waals surface area (Å²) in [5.74, 6) is 0.882. The van der Waals surface area contributed by atoms with Gasteiger partial charge in [0.2, 0.25) is 0 Å². The van der Waals surface area contributed by atoms with Crippen LogP contribution in [0.2, 0.25) is 5.02 Å². The van der Waals surface area contributed by atoms with Crippen molar-refractivity contribution in [2.45, 2.75) is 19.9 Å². The molecule has 2 N–H and O–H groups in total. The van der Waals surface area contributed by atoms with Crippen LogP contribution in [-0.4, -0.2) is 9.55 Å². The SMILES string of the molecule is CCCn1c(-c2cccc(Br)c2N)nc2cc(Cl)ccc21. The van der Waals surface area contributed by atoms with Gasteiger partial charge in [0, 0.05) is 21.6 Å². The molecule has 0 unspecified atom stereocenters. The van der Waals surface area contributed by atoms with Gasteiger partial charge >= 0.3 is 0 Å². The summed E-state index contributed by atoms with van der Waals surface area (Å²) in [6.45, 7) is 3.04. The average Bonchev–Trinajstić information content (AvgIpc) is 2.80. The standard InChI is InChI=1S/C16H15BrClN3/c1-2-8-21-14-7-6-10(18)9-13(14)20-16(21)11-4-3-5-12(17)15(11)19/h3-7,9H,2,8,19H2,1H3. The fourth-order valence-electron chi connectivity index (χ4n) is 2.49. The Morgan fingerprint density at radius 3 is 2.86 bits per heavy atom. The maximum Gasteiger partial charge on any atom is 0.143 e. The van der Waals surface area contributed by atoms with Crippen LogP contribution in [0.1, 0.15) is 13.3 Å². The zero-order chi connectivity index (χ0) is 15.0. The van der Waals surface area contributed by atoms with Crippen LogP contribution in [0.4, 0.5) is 5.69 Å². The third-order valence-electron chi connectivity index (χ3n) is 3.45. The fourth-order valence-corrected chi connectivity index (χ4v) is 3.02. The Hall–Kier alpha value is -1.52. The van der Waals surface area contributed by atoms with Gasteiger partial charge in [-0.3, -0.25) is 0 Å². The molecule has 0 aliphatic carbocycles. The minimum absolute atomic E-state index is 0.692. The molecule has 0 bridgehead atoms. The summed E-state index contributed by atoms with van der Waals surface area (Å²) in [7, 11) is 0. The van der Waals surface area contributed by atoms with Crippen LogP contribution >= 0.6 is 27.5 Å². The second-order valence-corrected chi connectivity index (χ2v) is 6.21. The van der Waals surface area contributed by atoms with Gasteiger partial charge in [-0.2, -0.15) is 0 Å². The normalized spacial score (nSPS) is 11.2. The molecular formula is C16H15BrClN3. The number of rotatable bonds is 3. The van der Waals surface area contributed by atoms with Gasteiger partial charge in [-0.05, 0) is 52.7 Å². The molecule has 21 heavy (non-hydrogen) atoms. The molecule has 0 spiro atoms. The first-order valence-corrected chi connectivity index (χ1v) is 7.99. The Morgan fingerprint density at radius 2 is 2.10 bits per heavy atom. The molecule has 3 aromatic rings. The number of nitrogens with two attached hydrogens (primary N) is 1. The number of anilines is 1. The number of nitrogen functional groups attached to an aromatic ring is 1. The van der Waals surface area contributed by atoms with Crippen molar-refractivity contribution in [3.63, 3.8) is 0 Å². The summed E-state index contributed by atoms with van der Waals surface area (Å²) in [5.41, 5.74) is 9.82. The highest BCUT2D eigenvalue weighted by Gasteiger charge is 2.15. The Kier molecular flexibility index (Phi) is 3.91. The van der Waals surface area contributed by atoms with Gasteiger partial charge in [0.25, 0.3) is 0 Å². The van der Waals surface area contributed by atoms with E-state index in [4.69, 9.17) is 22.3 Å². The molecule has 1 aromatic heterocycles. The molecule has 1 heterocycles. The van der Waals surface area contributed by atoms with Crippen LogP contribution < -0.4 is 5.73 Å². The summed E-state index contributed by atoms with van der Waals surface area (Å²) in [5, 5.41) is 0.692. The fraction of sp³-hybridized carbons (Fsp3) is 0.188. The van der Waals surface area contributed by atoms with E-state index in [-0.39, 0.29) is 0 Å². The summed E-state index contributed by atoms with van der Waals surface area (Å²) in [6, 6.07) is 11.7. The van der Waals surface area contributed by atoms with Crippen LogP contribution in [0.5, 0.6) is 0 Å². The molecule has 0 radical (unpaired) electrons. The number of benzene rings is 2. The van der Waals surface area contributed by atoms with Crippen LogP contribution in [0, 0.1) is 0 Å². The van der Waals surface area contributed by atoms with E-state index < -0.39 is 0 Å². The monoisotopic (exact) mass is 363 g/mol. The highest BCUT2D eigenvalue weighted by Crippen LogP contribution is 2.33. The van der Waals surface area contributed by atoms with Crippen LogP contribution in [0.25, 0.3) is 22.4 Å². The van der Waals surface area contributed by atoms with Crippen molar-refractivity contribution in [2.24, 2.45) is 0 Å². The van der Waals surface area contributed by atoms with Gasteiger partial charge in [-0.1, -0.05) is 24.6 Å². The summed E-state index contributed by atoms with van der Waals surface area (Å²) < 4.78 is 3.08. The van der Waals surface area contributed by atoms with Gasteiger partial charge in [0.05, 0.1) is 16.7 Å². The largest absolute Gasteiger partial charge is 0.397 e. The first kappa shape index (κ1) is 14.4. The van der Waals surface area contributed by atoms with E-state index in [2.05, 4.69) is 27.4 Å². The topological polar surface area (TPSA) is 43.8 Å². The Morgan fingerprint density at radius 1 is 1.29 bits per heavy atom. The van der Waals surface area contributed by atoms with Crippen LogP contribution in [0.3, 0.4) is 0 Å². The number of fused-ring (bicyclic) bond motifs is 1. The minimum atomic E-state index is 0.692. The average molecular weight is 365 g/mol. The van der Waals surface area contributed by atoms with Crippen molar-refractivity contribution < 1.29 is 0 Å². The molecule has 0 amide bonds. The molecule has 0 aliphatic rings. The molecule has 108 valence electrons. The molecule has 0 fully saturated rings. The van der Waals surface area contributed by atoms with Crippen molar-refractivity contribution >= 4 is 44.3 Å². The van der Waals surface area contributed by atoms with Crippen molar-refractivity contribution in [3.8, 4) is 11.4 Å². The Balaban J connectivity index is 2.30. The number of hydrogen-bond donors (Lipinski definition) is 1.